The predicted octanol–water partition coefficient (Wildman–Crippen LogP) is 4.09. The molecule has 6 nitrogen and oxygen atoms in total. The molecule has 7 heteroatoms. The lowest BCUT2D eigenvalue weighted by molar-refractivity contribution is 0.414. The van der Waals surface area contributed by atoms with Crippen LogP contribution < -0.4 is 15.9 Å². The molecule has 0 amide bonds. The minimum Gasteiger partial charge on any atom is -0.506 e. The molecule has 0 aliphatic heterocycles. The Morgan fingerprint density at radius 3 is 2.36 bits per heavy atom. The number of methoxy groups -OCH3 is 1. The zero-order valence-electron chi connectivity index (χ0n) is 14.7. The molecule has 2 aromatic heterocycles. The lowest BCUT2D eigenvalue weighted by Crippen LogP contribution is -2.21. The van der Waals surface area contributed by atoms with Gasteiger partial charge in [0, 0.05) is 11.8 Å². The Bertz CT molecular complexity index is 1290. The monoisotopic (exact) mass is 439 g/mol. The van der Waals surface area contributed by atoms with E-state index in [0.29, 0.717) is 17.1 Å². The lowest BCUT2D eigenvalue weighted by Gasteiger charge is -2.15. The van der Waals surface area contributed by atoms with Crippen molar-refractivity contribution in [1.29, 1.82) is 0 Å². The van der Waals surface area contributed by atoms with E-state index in [4.69, 9.17) is 9.15 Å². The normalized spacial score (nSPS) is 10.9. The summed E-state index contributed by atoms with van der Waals surface area (Å²) in [7, 11) is 1.56. The fourth-order valence-electron chi connectivity index (χ4n) is 3.05. The molecule has 0 saturated heterocycles. The van der Waals surface area contributed by atoms with Gasteiger partial charge in [-0.2, -0.15) is 0 Å². The van der Waals surface area contributed by atoms with Crippen molar-refractivity contribution >= 4 is 26.9 Å². The number of halogens is 1. The number of pyridine rings is 1. The summed E-state index contributed by atoms with van der Waals surface area (Å²) in [6.07, 6.45) is 0. The maximum atomic E-state index is 13.4. The van der Waals surface area contributed by atoms with Crippen LogP contribution in [0, 0.1) is 0 Å². The predicted molar refractivity (Wildman–Crippen MR) is 109 cm³/mol. The van der Waals surface area contributed by atoms with Gasteiger partial charge in [0.25, 0.3) is 5.56 Å². The quantitative estimate of drug-likeness (QED) is 0.519. The number of benzene rings is 2. The van der Waals surface area contributed by atoms with Gasteiger partial charge in [0.1, 0.15) is 21.2 Å². The van der Waals surface area contributed by atoms with Gasteiger partial charge in [-0.3, -0.25) is 9.36 Å². The summed E-state index contributed by atoms with van der Waals surface area (Å²) in [4.78, 5) is 25.3. The summed E-state index contributed by atoms with van der Waals surface area (Å²) in [6.45, 7) is 0. The second-order valence-corrected chi connectivity index (χ2v) is 6.82. The maximum absolute atomic E-state index is 13.4. The zero-order chi connectivity index (χ0) is 19.8. The molecule has 140 valence electrons. The molecule has 0 spiro atoms. The number of nitrogens with zero attached hydrogens (tertiary/aromatic N) is 1. The van der Waals surface area contributed by atoms with Crippen molar-refractivity contribution in [3.8, 4) is 28.4 Å². The highest BCUT2D eigenvalue weighted by molar-refractivity contribution is 9.10. The lowest BCUT2D eigenvalue weighted by atomic mass is 10.1. The van der Waals surface area contributed by atoms with Gasteiger partial charge in [0.05, 0.1) is 12.8 Å². The Hall–Kier alpha value is -3.32. The van der Waals surface area contributed by atoms with E-state index in [1.54, 1.807) is 37.4 Å². The fourth-order valence-corrected chi connectivity index (χ4v) is 3.33. The van der Waals surface area contributed by atoms with Gasteiger partial charge in [-0.25, -0.2) is 4.79 Å². The van der Waals surface area contributed by atoms with Crippen LogP contribution >= 0.6 is 15.9 Å². The minimum atomic E-state index is -0.759. The largest absolute Gasteiger partial charge is 0.506 e. The second-order valence-electron chi connectivity index (χ2n) is 6.03. The molecule has 0 atom stereocenters. The van der Waals surface area contributed by atoms with E-state index in [2.05, 4.69) is 15.9 Å². The van der Waals surface area contributed by atoms with Gasteiger partial charge in [0.15, 0.2) is 5.75 Å². The van der Waals surface area contributed by atoms with E-state index in [-0.39, 0.29) is 15.4 Å². The number of ether oxygens (including phenoxy) is 1. The Kier molecular flexibility index (Phi) is 4.52. The highest BCUT2D eigenvalue weighted by Crippen LogP contribution is 2.31. The van der Waals surface area contributed by atoms with Crippen LogP contribution in [0.3, 0.4) is 0 Å². The van der Waals surface area contributed by atoms with Gasteiger partial charge in [-0.1, -0.05) is 30.3 Å². The van der Waals surface area contributed by atoms with E-state index in [1.807, 2.05) is 30.3 Å². The molecule has 2 heterocycles. The Morgan fingerprint density at radius 2 is 1.71 bits per heavy atom. The highest BCUT2D eigenvalue weighted by atomic mass is 79.9. The third kappa shape index (κ3) is 2.90. The summed E-state index contributed by atoms with van der Waals surface area (Å²) >= 11 is 2.98. The number of hydrogen-bond acceptors (Lipinski definition) is 5. The van der Waals surface area contributed by atoms with Crippen LogP contribution in [-0.2, 0) is 0 Å². The van der Waals surface area contributed by atoms with Crippen LogP contribution in [0.25, 0.3) is 27.9 Å². The molecule has 28 heavy (non-hydrogen) atoms. The first kappa shape index (κ1) is 18.1. The van der Waals surface area contributed by atoms with Gasteiger partial charge < -0.3 is 14.3 Å². The minimum absolute atomic E-state index is 0.0133. The molecule has 0 fully saturated rings. The first-order chi connectivity index (χ1) is 13.5. The third-order valence-corrected chi connectivity index (χ3v) is 5.10. The molecule has 2 aromatic carbocycles. The molecule has 4 rings (SSSR count). The molecular weight excluding hydrogens is 426 g/mol. The van der Waals surface area contributed by atoms with Crippen molar-refractivity contribution in [1.82, 2.24) is 4.57 Å². The Morgan fingerprint density at radius 1 is 1.04 bits per heavy atom. The van der Waals surface area contributed by atoms with Crippen molar-refractivity contribution in [2.75, 3.05) is 7.11 Å². The molecular formula is C21H14BrNO5. The van der Waals surface area contributed by atoms with Crippen LogP contribution in [0.1, 0.15) is 0 Å². The molecule has 0 aliphatic rings. The molecule has 0 unspecified atom stereocenters. The van der Waals surface area contributed by atoms with E-state index in [1.165, 1.54) is 4.57 Å². The topological polar surface area (TPSA) is 81.7 Å². The fraction of sp³-hybridized carbons (Fsp3) is 0.0476. The maximum Gasteiger partial charge on any atom is 0.354 e. The van der Waals surface area contributed by atoms with Crippen LogP contribution in [-0.4, -0.2) is 16.8 Å². The standard InChI is InChI=1S/C21H14BrNO5/c1-27-14-9-7-13(8-10-14)23-15(12-5-3-2-4-6-12)11-16-17(20(23)25)19(24)18(22)21(26)28-16/h2-11,24H,1H3. The Labute approximate surface area is 167 Å². The number of fused-ring (bicyclic) bond motifs is 1. The summed E-state index contributed by atoms with van der Waals surface area (Å²) in [5.74, 6) is 0.202. The van der Waals surface area contributed by atoms with Crippen LogP contribution in [0.4, 0.5) is 0 Å². The van der Waals surface area contributed by atoms with Gasteiger partial charge in [-0.15, -0.1) is 0 Å². The summed E-state index contributed by atoms with van der Waals surface area (Å²) < 4.78 is 11.7. The van der Waals surface area contributed by atoms with Crippen molar-refractivity contribution in [3.05, 3.63) is 85.9 Å². The summed E-state index contributed by atoms with van der Waals surface area (Å²) in [6, 6.07) is 17.8. The average molecular weight is 440 g/mol. The summed E-state index contributed by atoms with van der Waals surface area (Å²) in [5, 5.41) is 10.3. The van der Waals surface area contributed by atoms with Gasteiger partial charge in [0.2, 0.25) is 0 Å². The second kappa shape index (κ2) is 7.01. The van der Waals surface area contributed by atoms with Crippen molar-refractivity contribution in [2.24, 2.45) is 0 Å². The van der Waals surface area contributed by atoms with E-state index in [0.717, 1.165) is 5.56 Å². The van der Waals surface area contributed by atoms with E-state index >= 15 is 0 Å². The third-order valence-electron chi connectivity index (χ3n) is 4.40. The van der Waals surface area contributed by atoms with E-state index in [9.17, 15) is 14.7 Å². The van der Waals surface area contributed by atoms with Crippen LogP contribution in [0.15, 0.2) is 79.1 Å². The summed E-state index contributed by atoms with van der Waals surface area (Å²) in [5.41, 5.74) is 0.595. The number of hydrogen-bond donors (Lipinski definition) is 1. The van der Waals surface area contributed by atoms with Crippen LogP contribution in [0.2, 0.25) is 0 Å². The smallest absolute Gasteiger partial charge is 0.354 e. The molecule has 0 saturated carbocycles. The average Bonchev–Trinajstić information content (AvgIpc) is 2.72. The van der Waals surface area contributed by atoms with E-state index < -0.39 is 16.9 Å². The molecule has 1 N–H and O–H groups in total. The molecule has 0 radical (unpaired) electrons. The number of aromatic hydroxyl groups is 1. The van der Waals surface area contributed by atoms with Crippen molar-refractivity contribution in [3.63, 3.8) is 0 Å². The van der Waals surface area contributed by atoms with Gasteiger partial charge >= 0.3 is 5.63 Å². The molecule has 4 aromatic rings. The Balaban J connectivity index is 2.14. The van der Waals surface area contributed by atoms with Crippen molar-refractivity contribution in [2.45, 2.75) is 0 Å². The number of rotatable bonds is 3. The number of aromatic nitrogens is 1. The molecule has 0 aliphatic carbocycles. The SMILES string of the molecule is COc1ccc(-n2c(-c3ccccc3)cc3oc(=O)c(Br)c(O)c3c2=O)cc1. The first-order valence-corrected chi connectivity index (χ1v) is 9.11. The zero-order valence-corrected chi connectivity index (χ0v) is 16.3. The van der Waals surface area contributed by atoms with Crippen LogP contribution in [0.5, 0.6) is 11.5 Å². The van der Waals surface area contributed by atoms with Gasteiger partial charge in [-0.05, 0) is 45.8 Å². The van der Waals surface area contributed by atoms with Crippen molar-refractivity contribution < 1.29 is 14.3 Å². The highest BCUT2D eigenvalue weighted by Gasteiger charge is 2.20. The molecule has 0 bridgehead atoms. The first-order valence-electron chi connectivity index (χ1n) is 8.32.